The van der Waals surface area contributed by atoms with Gasteiger partial charge in [0.15, 0.2) is 11.5 Å². The van der Waals surface area contributed by atoms with Crippen LogP contribution in [0, 0.1) is 0 Å². The topological polar surface area (TPSA) is 38.8 Å². The van der Waals surface area contributed by atoms with Crippen LogP contribution >= 0.6 is 16.1 Å². The van der Waals surface area contributed by atoms with Crippen molar-refractivity contribution in [2.75, 3.05) is 18.1 Å². The third kappa shape index (κ3) is 3.06. The fourth-order valence-electron chi connectivity index (χ4n) is 1.16. The number of alkyl halides is 2. The van der Waals surface area contributed by atoms with Gasteiger partial charge in [-0.3, -0.25) is 4.79 Å². The highest BCUT2D eigenvalue weighted by Gasteiger charge is 2.23. The fourth-order valence-corrected chi connectivity index (χ4v) is 1.54. The van der Waals surface area contributed by atoms with Crippen molar-refractivity contribution in [1.82, 2.24) is 0 Å². The van der Waals surface area contributed by atoms with Crippen LogP contribution in [0.1, 0.15) is 0 Å². The summed E-state index contributed by atoms with van der Waals surface area (Å²) in [6, 6.07) is 4.38. The molecule has 0 atom stereocenters. The van der Waals surface area contributed by atoms with E-state index in [4.69, 9.17) is 9.47 Å². The van der Waals surface area contributed by atoms with Crippen molar-refractivity contribution < 1.29 is 23.0 Å². The summed E-state index contributed by atoms with van der Waals surface area (Å²) in [6.07, 6.45) is -3.08. The second-order valence-corrected chi connectivity index (χ2v) is 3.67. The summed E-state index contributed by atoms with van der Waals surface area (Å²) in [5.41, 5.74) is 0.230. The minimum Gasteiger partial charge on any atom is -0.493 e. The normalized spacial score (nSPS) is 10.2. The molecule has 17 heavy (non-hydrogen) atoms. The average Bonchev–Trinajstić information content (AvgIpc) is 2.35. The largest absolute Gasteiger partial charge is 0.493 e. The first-order chi connectivity index (χ1) is 8.01. The number of hydrogen-bond donors (Lipinski definition) is 0. The zero-order valence-corrected chi connectivity index (χ0v) is 10.7. The Kier molecular flexibility index (Phi) is 4.68. The monoisotopic (exact) mass is 309 g/mol. The number of anilines is 1. The van der Waals surface area contributed by atoms with Crippen LogP contribution < -0.4 is 13.4 Å². The molecular formula is C10H10BrF2NO3. The van der Waals surface area contributed by atoms with E-state index in [9.17, 15) is 13.6 Å². The van der Waals surface area contributed by atoms with Crippen LogP contribution in [0.4, 0.5) is 14.5 Å². The molecule has 0 aliphatic carbocycles. The van der Waals surface area contributed by atoms with Gasteiger partial charge in [0.05, 0.1) is 36.1 Å². The number of nitrogens with zero attached hydrogens (tertiary/aromatic N) is 1. The Balaban J connectivity index is 3.03. The van der Waals surface area contributed by atoms with Gasteiger partial charge in [-0.25, -0.2) is 3.93 Å². The van der Waals surface area contributed by atoms with Crippen LogP contribution in [0.15, 0.2) is 18.2 Å². The molecule has 1 rings (SSSR count). The lowest BCUT2D eigenvalue weighted by molar-refractivity contribution is -0.127. The minimum atomic E-state index is -3.08. The van der Waals surface area contributed by atoms with Crippen LogP contribution in [-0.2, 0) is 4.79 Å². The molecule has 0 bridgehead atoms. The summed E-state index contributed by atoms with van der Waals surface area (Å²) >= 11 is 2.77. The van der Waals surface area contributed by atoms with Gasteiger partial charge >= 0.3 is 12.3 Å². The lowest BCUT2D eigenvalue weighted by atomic mass is 10.2. The number of ether oxygens (including phenoxy) is 2. The maximum atomic E-state index is 12.2. The van der Waals surface area contributed by atoms with Gasteiger partial charge in [0.2, 0.25) is 0 Å². The highest BCUT2D eigenvalue weighted by Crippen LogP contribution is 2.32. The predicted octanol–water partition coefficient (Wildman–Crippen LogP) is 2.61. The number of benzene rings is 1. The van der Waals surface area contributed by atoms with E-state index in [0.717, 1.165) is 0 Å². The molecule has 0 radical (unpaired) electrons. The molecule has 94 valence electrons. The maximum Gasteiger partial charge on any atom is 0.316 e. The summed E-state index contributed by atoms with van der Waals surface area (Å²) in [4.78, 5) is 11.1. The summed E-state index contributed by atoms with van der Waals surface area (Å²) in [7, 11) is 2.86. The van der Waals surface area contributed by atoms with Crippen molar-refractivity contribution in [3.63, 3.8) is 0 Å². The lowest BCUT2D eigenvalue weighted by Gasteiger charge is -2.16. The summed E-state index contributed by atoms with van der Waals surface area (Å²) in [5.74, 6) is -0.560. The zero-order valence-electron chi connectivity index (χ0n) is 9.12. The van der Waals surface area contributed by atoms with Gasteiger partial charge in [-0.15, -0.1) is 0 Å². The molecule has 0 saturated carbocycles. The van der Waals surface area contributed by atoms with E-state index in [2.05, 4.69) is 16.1 Å². The van der Waals surface area contributed by atoms with Crippen molar-refractivity contribution >= 4 is 27.7 Å². The first kappa shape index (κ1) is 13.7. The Labute approximate surface area is 105 Å². The molecule has 0 saturated heterocycles. The Morgan fingerprint density at radius 1 is 1.29 bits per heavy atom. The van der Waals surface area contributed by atoms with Crippen molar-refractivity contribution in [1.29, 1.82) is 0 Å². The quantitative estimate of drug-likeness (QED) is 0.803. The standard InChI is InChI=1S/C10H10BrF2NO3/c1-16-7-4-3-6(5-8(7)17-2)14(11)10(15)9(12)13/h3-5,9H,1-2H3. The average molecular weight is 310 g/mol. The minimum absolute atomic E-state index is 0.230. The van der Waals surface area contributed by atoms with Gasteiger partial charge in [-0.05, 0) is 12.1 Å². The maximum absolute atomic E-state index is 12.2. The summed E-state index contributed by atoms with van der Waals surface area (Å²) in [5, 5.41) is 0. The van der Waals surface area contributed by atoms with Gasteiger partial charge in [0.1, 0.15) is 0 Å². The third-order valence-electron chi connectivity index (χ3n) is 1.97. The molecule has 0 heterocycles. The molecule has 1 amide bonds. The molecule has 0 unspecified atom stereocenters. The van der Waals surface area contributed by atoms with Crippen LogP contribution in [0.3, 0.4) is 0 Å². The first-order valence-electron chi connectivity index (χ1n) is 4.51. The Morgan fingerprint density at radius 3 is 2.35 bits per heavy atom. The molecule has 0 fully saturated rings. The third-order valence-corrected chi connectivity index (χ3v) is 2.73. The van der Waals surface area contributed by atoms with E-state index >= 15 is 0 Å². The number of rotatable bonds is 4. The van der Waals surface area contributed by atoms with Crippen LogP contribution in [0.25, 0.3) is 0 Å². The molecule has 4 nitrogen and oxygen atoms in total. The second-order valence-electron chi connectivity index (χ2n) is 2.96. The van der Waals surface area contributed by atoms with Crippen LogP contribution in [0.5, 0.6) is 11.5 Å². The van der Waals surface area contributed by atoms with E-state index in [1.807, 2.05) is 0 Å². The SMILES string of the molecule is COc1ccc(N(Br)C(=O)C(F)F)cc1OC. The van der Waals surface area contributed by atoms with Crippen LogP contribution in [0.2, 0.25) is 0 Å². The van der Waals surface area contributed by atoms with Gasteiger partial charge in [-0.2, -0.15) is 8.78 Å². The molecule has 7 heteroatoms. The molecule has 0 spiro atoms. The van der Waals surface area contributed by atoms with E-state index < -0.39 is 12.3 Å². The number of halogens is 3. The molecule has 0 aliphatic rings. The molecule has 0 N–H and O–H groups in total. The highest BCUT2D eigenvalue weighted by molar-refractivity contribution is 9.10. The zero-order chi connectivity index (χ0) is 13.0. The number of carbonyl (C=O) groups excluding carboxylic acids is 1. The van der Waals surface area contributed by atoms with Gasteiger partial charge in [-0.1, -0.05) is 0 Å². The van der Waals surface area contributed by atoms with Crippen molar-refractivity contribution in [2.24, 2.45) is 0 Å². The van der Waals surface area contributed by atoms with Gasteiger partial charge < -0.3 is 9.47 Å². The molecule has 0 aromatic heterocycles. The van der Waals surface area contributed by atoms with Gasteiger partial charge in [0.25, 0.3) is 0 Å². The number of amides is 1. The summed E-state index contributed by atoms with van der Waals surface area (Å²) in [6.45, 7) is 0. The second kappa shape index (κ2) is 5.81. The Bertz CT molecular complexity index is 415. The highest BCUT2D eigenvalue weighted by atomic mass is 79.9. The lowest BCUT2D eigenvalue weighted by Crippen LogP contribution is -2.26. The molecule has 1 aromatic rings. The van der Waals surface area contributed by atoms with E-state index in [1.54, 1.807) is 0 Å². The van der Waals surface area contributed by atoms with Crippen LogP contribution in [-0.4, -0.2) is 26.6 Å². The predicted molar refractivity (Wildman–Crippen MR) is 62.0 cm³/mol. The number of methoxy groups -OCH3 is 2. The first-order valence-corrected chi connectivity index (χ1v) is 5.22. The van der Waals surface area contributed by atoms with Crippen molar-refractivity contribution in [3.05, 3.63) is 18.2 Å². The van der Waals surface area contributed by atoms with E-state index in [1.165, 1.54) is 32.4 Å². The van der Waals surface area contributed by atoms with E-state index in [-0.39, 0.29) is 5.69 Å². The Morgan fingerprint density at radius 2 is 1.88 bits per heavy atom. The Hall–Kier alpha value is -1.37. The molecule has 1 aromatic carbocycles. The number of hydrogen-bond acceptors (Lipinski definition) is 3. The van der Waals surface area contributed by atoms with E-state index in [0.29, 0.717) is 15.4 Å². The summed E-state index contributed by atoms with van der Waals surface area (Å²) < 4.78 is 35.1. The van der Waals surface area contributed by atoms with Crippen molar-refractivity contribution in [2.45, 2.75) is 6.43 Å². The molecular weight excluding hydrogens is 300 g/mol. The van der Waals surface area contributed by atoms with Gasteiger partial charge in [0, 0.05) is 6.07 Å². The van der Waals surface area contributed by atoms with Crippen molar-refractivity contribution in [3.8, 4) is 11.5 Å². The molecule has 0 aliphatic heterocycles. The smallest absolute Gasteiger partial charge is 0.316 e. The fraction of sp³-hybridized carbons (Fsp3) is 0.300. The number of carbonyl (C=O) groups is 1.